The summed E-state index contributed by atoms with van der Waals surface area (Å²) in [5.41, 5.74) is -0.825. The second-order valence-corrected chi connectivity index (χ2v) is 12.6. The number of allylic oxidation sites excluding steroid dienone is 1. The Bertz CT molecular complexity index is 1530. The Hall–Kier alpha value is -3.08. The van der Waals surface area contributed by atoms with E-state index in [1.54, 1.807) is 45.0 Å². The molecule has 3 aromatic carbocycles. The van der Waals surface area contributed by atoms with Crippen molar-refractivity contribution >= 4 is 39.0 Å². The maximum Gasteiger partial charge on any atom is 0.416 e. The molecule has 4 rings (SSSR count). The summed E-state index contributed by atoms with van der Waals surface area (Å²) in [5.74, 6) is -0.313. The van der Waals surface area contributed by atoms with Crippen LogP contribution in [0.2, 0.25) is 5.02 Å². The minimum Gasteiger partial charge on any atom is -0.486 e. The van der Waals surface area contributed by atoms with Gasteiger partial charge in [0, 0.05) is 5.56 Å². The van der Waals surface area contributed by atoms with Crippen molar-refractivity contribution in [2.45, 2.75) is 56.4 Å². The topological polar surface area (TPSA) is 66.8 Å². The van der Waals surface area contributed by atoms with E-state index in [1.807, 2.05) is 0 Å². The number of anilines is 1. The lowest BCUT2D eigenvalue weighted by atomic mass is 9.99. The van der Waals surface area contributed by atoms with Crippen molar-refractivity contribution in [2.24, 2.45) is 0 Å². The number of sulfonamides is 1. The van der Waals surface area contributed by atoms with Gasteiger partial charge in [-0.15, -0.1) is 0 Å². The maximum atomic E-state index is 14.5. The molecule has 0 bridgehead atoms. The van der Waals surface area contributed by atoms with Crippen molar-refractivity contribution in [2.75, 3.05) is 10.8 Å². The number of alkyl halides is 3. The molecule has 3 aromatic rings. The van der Waals surface area contributed by atoms with E-state index in [-0.39, 0.29) is 28.6 Å². The number of hydrogen-bond acceptors (Lipinski definition) is 4. The van der Waals surface area contributed by atoms with Gasteiger partial charge in [-0.25, -0.2) is 12.8 Å². The zero-order valence-corrected chi connectivity index (χ0v) is 23.5. The van der Waals surface area contributed by atoms with Gasteiger partial charge >= 0.3 is 6.18 Å². The molecule has 0 aliphatic carbocycles. The van der Waals surface area contributed by atoms with Crippen molar-refractivity contribution < 1.29 is 35.8 Å². The number of nitrogens with zero attached hydrogens (tertiary/aromatic N) is 1. The number of hydrogen-bond donors (Lipinski definition) is 1. The minimum atomic E-state index is -4.73. The number of benzene rings is 3. The first-order chi connectivity index (χ1) is 18.6. The predicted octanol–water partition coefficient (Wildman–Crippen LogP) is 7.57. The van der Waals surface area contributed by atoms with Crippen molar-refractivity contribution in [1.82, 2.24) is 0 Å². The smallest absolute Gasteiger partial charge is 0.416 e. The van der Waals surface area contributed by atoms with E-state index < -0.39 is 44.2 Å². The van der Waals surface area contributed by atoms with E-state index in [1.165, 1.54) is 18.2 Å². The molecule has 40 heavy (non-hydrogen) atoms. The molecule has 0 amide bonds. The Kier molecular flexibility index (Phi) is 8.27. The molecule has 11 heteroatoms. The van der Waals surface area contributed by atoms with Crippen LogP contribution in [-0.4, -0.2) is 31.8 Å². The highest BCUT2D eigenvalue weighted by molar-refractivity contribution is 7.92. The molecule has 0 saturated heterocycles. The Morgan fingerprint density at radius 2 is 1.82 bits per heavy atom. The van der Waals surface area contributed by atoms with Crippen molar-refractivity contribution in [1.29, 1.82) is 0 Å². The zero-order valence-electron chi connectivity index (χ0n) is 22.0. The van der Waals surface area contributed by atoms with Gasteiger partial charge in [0.15, 0.2) is 0 Å². The Morgan fingerprint density at radius 1 is 1.12 bits per heavy atom. The molecule has 0 unspecified atom stereocenters. The molecule has 0 aromatic heterocycles. The Balaban J connectivity index is 1.80. The highest BCUT2D eigenvalue weighted by Crippen LogP contribution is 2.40. The molecular formula is C29H28ClF4NO4S. The highest BCUT2D eigenvalue weighted by Gasteiger charge is 2.37. The standard InChI is InChI=1S/C29H28ClF4NO4S/c1-18(27-23(30)8-5-9-24(27)31)14-19-10-11-26-25(15-19)35(17-21(39-26)12-13-28(2,3)36)40(37,38)22-7-4-6-20(16-22)29(32,33)34/h4-11,14-16,21,36H,12-13,17H2,1-3H3/b18-14+/t21-/m0/s1. The second kappa shape index (κ2) is 11.1. The maximum absolute atomic E-state index is 14.5. The third-order valence-corrected chi connectivity index (χ3v) is 8.57. The van der Waals surface area contributed by atoms with Crippen LogP contribution >= 0.6 is 11.6 Å². The van der Waals surface area contributed by atoms with Crippen LogP contribution < -0.4 is 9.04 Å². The summed E-state index contributed by atoms with van der Waals surface area (Å²) in [6.45, 7) is 4.70. The fourth-order valence-corrected chi connectivity index (χ4v) is 6.32. The molecule has 0 radical (unpaired) electrons. The highest BCUT2D eigenvalue weighted by atomic mass is 35.5. The fourth-order valence-electron chi connectivity index (χ4n) is 4.47. The molecule has 0 fully saturated rings. The molecule has 1 N–H and O–H groups in total. The zero-order chi connectivity index (χ0) is 29.5. The van der Waals surface area contributed by atoms with Crippen LogP contribution in [0.4, 0.5) is 23.2 Å². The first-order valence-corrected chi connectivity index (χ1v) is 14.2. The Morgan fingerprint density at radius 3 is 2.48 bits per heavy atom. The first kappa shape index (κ1) is 29.9. The van der Waals surface area contributed by atoms with E-state index in [0.717, 1.165) is 22.5 Å². The summed E-state index contributed by atoms with van der Waals surface area (Å²) in [4.78, 5) is -0.522. The lowest BCUT2D eigenvalue weighted by Gasteiger charge is -2.36. The molecule has 0 spiro atoms. The first-order valence-electron chi connectivity index (χ1n) is 12.4. The van der Waals surface area contributed by atoms with Gasteiger partial charge < -0.3 is 9.84 Å². The lowest BCUT2D eigenvalue weighted by molar-refractivity contribution is -0.137. The number of rotatable bonds is 7. The van der Waals surface area contributed by atoms with Gasteiger partial charge in [-0.2, -0.15) is 13.2 Å². The number of halogens is 5. The summed E-state index contributed by atoms with van der Waals surface area (Å²) in [6.07, 6.45) is -3.18. The van der Waals surface area contributed by atoms with E-state index in [2.05, 4.69) is 0 Å². The largest absolute Gasteiger partial charge is 0.486 e. The molecule has 1 aliphatic heterocycles. The number of ether oxygens (including phenoxy) is 1. The van der Waals surface area contributed by atoms with Crippen LogP contribution in [0.1, 0.15) is 50.3 Å². The van der Waals surface area contributed by atoms with Gasteiger partial charge in [0.2, 0.25) is 0 Å². The van der Waals surface area contributed by atoms with Gasteiger partial charge in [-0.3, -0.25) is 4.31 Å². The summed E-state index contributed by atoms with van der Waals surface area (Å²) in [5, 5.41) is 10.4. The normalized spacial score (nSPS) is 16.5. The predicted molar refractivity (Wildman–Crippen MR) is 147 cm³/mol. The minimum absolute atomic E-state index is 0.123. The van der Waals surface area contributed by atoms with E-state index in [9.17, 15) is 31.1 Å². The van der Waals surface area contributed by atoms with Gasteiger partial charge in [0.25, 0.3) is 10.0 Å². The molecule has 1 aliphatic rings. The average Bonchev–Trinajstić information content (AvgIpc) is 2.86. The van der Waals surface area contributed by atoms with Crippen LogP contribution in [0, 0.1) is 5.82 Å². The summed E-state index contributed by atoms with van der Waals surface area (Å²) < 4.78 is 89.3. The van der Waals surface area contributed by atoms with E-state index >= 15 is 0 Å². The van der Waals surface area contributed by atoms with Crippen LogP contribution in [0.15, 0.2) is 65.6 Å². The van der Waals surface area contributed by atoms with E-state index in [0.29, 0.717) is 30.0 Å². The van der Waals surface area contributed by atoms with Crippen LogP contribution in [-0.2, 0) is 16.2 Å². The van der Waals surface area contributed by atoms with Crippen molar-refractivity contribution in [3.63, 3.8) is 0 Å². The summed E-state index contributed by atoms with van der Waals surface area (Å²) >= 11 is 6.19. The van der Waals surface area contributed by atoms with Gasteiger partial charge in [0.1, 0.15) is 17.7 Å². The van der Waals surface area contributed by atoms with E-state index in [4.69, 9.17) is 16.3 Å². The Labute approximate surface area is 235 Å². The van der Waals surface area contributed by atoms with Crippen LogP contribution in [0.25, 0.3) is 11.6 Å². The number of aliphatic hydroxyl groups is 1. The third-order valence-electron chi connectivity index (χ3n) is 6.48. The van der Waals surface area contributed by atoms with Gasteiger partial charge in [0.05, 0.1) is 33.3 Å². The molecule has 1 heterocycles. The second-order valence-electron chi connectivity index (χ2n) is 10.3. The van der Waals surface area contributed by atoms with Crippen LogP contribution in [0.5, 0.6) is 5.75 Å². The summed E-state index contributed by atoms with van der Waals surface area (Å²) in [6, 6.07) is 12.6. The number of fused-ring (bicyclic) bond motifs is 1. The fraction of sp³-hybridized carbons (Fsp3) is 0.310. The molecule has 0 saturated carbocycles. The molecule has 5 nitrogen and oxygen atoms in total. The van der Waals surface area contributed by atoms with Crippen molar-refractivity contribution in [3.8, 4) is 5.75 Å². The average molecular weight is 598 g/mol. The van der Waals surface area contributed by atoms with Crippen molar-refractivity contribution in [3.05, 3.63) is 88.2 Å². The van der Waals surface area contributed by atoms with Crippen LogP contribution in [0.3, 0.4) is 0 Å². The van der Waals surface area contributed by atoms with Gasteiger partial charge in [-0.05, 0) is 87.2 Å². The quantitative estimate of drug-likeness (QED) is 0.225. The third kappa shape index (κ3) is 6.62. The SMILES string of the molecule is C/C(=C\c1ccc2c(c1)N(S(=O)(=O)c1cccc(C(F)(F)F)c1)C[C@H](CCC(C)(C)O)O2)c1c(F)cccc1Cl. The molecular weight excluding hydrogens is 570 g/mol. The van der Waals surface area contributed by atoms with Gasteiger partial charge in [-0.1, -0.05) is 35.9 Å². The lowest BCUT2D eigenvalue weighted by Crippen LogP contribution is -2.44. The molecule has 214 valence electrons. The monoisotopic (exact) mass is 597 g/mol. The molecule has 1 atom stereocenters. The summed E-state index contributed by atoms with van der Waals surface area (Å²) in [7, 11) is -4.47.